The van der Waals surface area contributed by atoms with Crippen LogP contribution in [0.5, 0.6) is 0 Å². The molecule has 122 valence electrons. The normalized spacial score (nSPS) is 10.6. The number of rotatable bonds is 7. The van der Waals surface area contributed by atoms with E-state index in [1.54, 1.807) is 13.8 Å². The van der Waals surface area contributed by atoms with E-state index >= 15 is 0 Å². The van der Waals surface area contributed by atoms with E-state index < -0.39 is 38.1 Å². The minimum atomic E-state index is -5.06. The smallest absolute Gasteiger partial charge is 0.744 e. The first-order chi connectivity index (χ1) is 10.3. The second-order valence-electron chi connectivity index (χ2n) is 4.41. The van der Waals surface area contributed by atoms with E-state index in [0.29, 0.717) is 12.8 Å². The molecule has 0 aliphatic rings. The van der Waals surface area contributed by atoms with Gasteiger partial charge in [0.25, 0.3) is 0 Å². The summed E-state index contributed by atoms with van der Waals surface area (Å²) in [5.41, 5.74) is -0.927. The van der Waals surface area contributed by atoms with Crippen LogP contribution in [-0.4, -0.2) is 38.1 Å². The zero-order valence-electron chi connectivity index (χ0n) is 13.3. The molecule has 0 N–H and O–H groups in total. The first-order valence-corrected chi connectivity index (χ1v) is 8.16. The number of carbonyl (C=O) groups excluding carboxylic acids is 2. The van der Waals surface area contributed by atoms with Crippen LogP contribution in [0.3, 0.4) is 0 Å². The van der Waals surface area contributed by atoms with Gasteiger partial charge in [-0.3, -0.25) is 0 Å². The molecule has 0 aliphatic heterocycles. The Kier molecular flexibility index (Phi) is 10.4. The SMILES string of the molecule is CCCOC(=O)c1cccc(C(=O)OCCC)c1S(=O)(=O)[O-].[K+]. The molecule has 0 saturated heterocycles. The van der Waals surface area contributed by atoms with E-state index in [-0.39, 0.29) is 64.6 Å². The van der Waals surface area contributed by atoms with Crippen molar-refractivity contribution >= 4 is 22.1 Å². The van der Waals surface area contributed by atoms with Crippen molar-refractivity contribution in [3.63, 3.8) is 0 Å². The van der Waals surface area contributed by atoms with E-state index in [1.807, 2.05) is 0 Å². The molecule has 0 unspecified atom stereocenters. The molecule has 1 aromatic carbocycles. The van der Waals surface area contributed by atoms with Gasteiger partial charge in [-0.15, -0.1) is 0 Å². The Hall–Kier alpha value is -0.294. The summed E-state index contributed by atoms with van der Waals surface area (Å²) in [5, 5.41) is 0. The maximum atomic E-state index is 11.9. The predicted molar refractivity (Wildman–Crippen MR) is 75.6 cm³/mol. The van der Waals surface area contributed by atoms with Crippen molar-refractivity contribution < 1.29 is 83.4 Å². The summed E-state index contributed by atoms with van der Waals surface area (Å²) >= 11 is 0. The Labute approximate surface area is 177 Å². The van der Waals surface area contributed by atoms with Crippen molar-refractivity contribution in [3.05, 3.63) is 29.3 Å². The van der Waals surface area contributed by atoms with E-state index in [0.717, 1.165) is 12.1 Å². The first kappa shape index (κ1) is 22.7. The molecular formula is C14H17KO7S. The van der Waals surface area contributed by atoms with Gasteiger partial charge < -0.3 is 14.0 Å². The maximum absolute atomic E-state index is 11.9. The number of carbonyl (C=O) groups is 2. The summed E-state index contributed by atoms with van der Waals surface area (Å²) < 4.78 is 44.0. The fourth-order valence-electron chi connectivity index (χ4n) is 1.67. The zero-order valence-corrected chi connectivity index (χ0v) is 17.3. The topological polar surface area (TPSA) is 110 Å². The van der Waals surface area contributed by atoms with Crippen molar-refractivity contribution in [3.8, 4) is 0 Å². The van der Waals surface area contributed by atoms with Gasteiger partial charge in [0, 0.05) is 0 Å². The third kappa shape index (κ3) is 6.61. The second kappa shape index (κ2) is 10.5. The predicted octanol–water partition coefficient (Wildman–Crippen LogP) is -1.27. The summed E-state index contributed by atoms with van der Waals surface area (Å²) in [4.78, 5) is 22.9. The second-order valence-corrected chi connectivity index (χ2v) is 5.72. The number of benzene rings is 1. The van der Waals surface area contributed by atoms with Crippen LogP contribution in [0.2, 0.25) is 0 Å². The molecule has 9 heteroatoms. The monoisotopic (exact) mass is 368 g/mol. The summed E-state index contributed by atoms with van der Waals surface area (Å²) in [5.74, 6) is -1.94. The first-order valence-electron chi connectivity index (χ1n) is 6.76. The van der Waals surface area contributed by atoms with Gasteiger partial charge in [0.05, 0.1) is 29.2 Å². The molecule has 0 heterocycles. The molecule has 0 aliphatic carbocycles. The van der Waals surface area contributed by atoms with Crippen molar-refractivity contribution in [2.45, 2.75) is 31.6 Å². The molecule has 0 amide bonds. The Morgan fingerprint density at radius 1 is 1.00 bits per heavy atom. The van der Waals surface area contributed by atoms with Crippen molar-refractivity contribution in [1.29, 1.82) is 0 Å². The average molecular weight is 368 g/mol. The Bertz CT molecular complexity index is 617. The fourth-order valence-corrected chi connectivity index (χ4v) is 2.51. The van der Waals surface area contributed by atoms with Gasteiger partial charge in [-0.05, 0) is 25.0 Å². The quantitative estimate of drug-likeness (QED) is 0.335. The fraction of sp³-hybridized carbons (Fsp3) is 0.429. The standard InChI is InChI=1S/C14H18O7S.K/c1-3-8-20-13(15)10-6-5-7-11(12(10)22(17,18)19)14(16)21-9-4-2;/h5-7H,3-4,8-9H2,1-2H3,(H,17,18,19);/q;+1/p-1. The Balaban J connectivity index is 0.00000484. The minimum absolute atomic E-state index is 0. The number of ether oxygens (including phenoxy) is 2. The molecule has 0 spiro atoms. The molecule has 1 rings (SSSR count). The van der Waals surface area contributed by atoms with E-state index in [2.05, 4.69) is 0 Å². The third-order valence-electron chi connectivity index (χ3n) is 2.58. The number of hydrogen-bond donors (Lipinski definition) is 0. The Morgan fingerprint density at radius 3 is 1.70 bits per heavy atom. The van der Waals surface area contributed by atoms with Crippen molar-refractivity contribution in [2.24, 2.45) is 0 Å². The average Bonchev–Trinajstić information content (AvgIpc) is 2.48. The number of hydrogen-bond acceptors (Lipinski definition) is 7. The Morgan fingerprint density at radius 2 is 1.39 bits per heavy atom. The van der Waals surface area contributed by atoms with Crippen molar-refractivity contribution in [1.82, 2.24) is 0 Å². The van der Waals surface area contributed by atoms with Gasteiger partial charge >= 0.3 is 63.3 Å². The van der Waals surface area contributed by atoms with Crippen molar-refractivity contribution in [2.75, 3.05) is 13.2 Å². The molecule has 0 bridgehead atoms. The molecule has 0 saturated carbocycles. The van der Waals surface area contributed by atoms with Crippen LogP contribution in [0.4, 0.5) is 0 Å². The third-order valence-corrected chi connectivity index (χ3v) is 3.52. The van der Waals surface area contributed by atoms with E-state index in [1.165, 1.54) is 6.07 Å². The summed E-state index contributed by atoms with van der Waals surface area (Å²) in [7, 11) is -5.06. The van der Waals surface area contributed by atoms with E-state index in [9.17, 15) is 22.6 Å². The maximum Gasteiger partial charge on any atom is 1.00 e. The van der Waals surface area contributed by atoms with Gasteiger partial charge in [-0.2, -0.15) is 0 Å². The molecule has 0 fully saturated rings. The van der Waals surface area contributed by atoms with Gasteiger partial charge in [0.1, 0.15) is 10.1 Å². The molecule has 7 nitrogen and oxygen atoms in total. The van der Waals surface area contributed by atoms with Crippen LogP contribution < -0.4 is 51.4 Å². The van der Waals surface area contributed by atoms with Crippen LogP contribution in [0.25, 0.3) is 0 Å². The minimum Gasteiger partial charge on any atom is -0.744 e. The molecule has 1 aromatic rings. The number of esters is 2. The van der Waals surface area contributed by atoms with Gasteiger partial charge in [0.15, 0.2) is 0 Å². The van der Waals surface area contributed by atoms with Crippen LogP contribution in [0, 0.1) is 0 Å². The zero-order chi connectivity index (χ0) is 16.8. The summed E-state index contributed by atoms with van der Waals surface area (Å²) in [6.07, 6.45) is 1.06. The summed E-state index contributed by atoms with van der Waals surface area (Å²) in [6, 6.07) is 3.54. The van der Waals surface area contributed by atoms with Crippen LogP contribution >= 0.6 is 0 Å². The molecule has 0 radical (unpaired) electrons. The van der Waals surface area contributed by atoms with Gasteiger partial charge in [-0.1, -0.05) is 19.9 Å². The summed E-state index contributed by atoms with van der Waals surface area (Å²) in [6.45, 7) is 3.66. The van der Waals surface area contributed by atoms with Crippen LogP contribution in [0.1, 0.15) is 47.4 Å². The van der Waals surface area contributed by atoms with Crippen LogP contribution in [0.15, 0.2) is 23.1 Å². The van der Waals surface area contributed by atoms with Gasteiger partial charge in [-0.25, -0.2) is 18.0 Å². The molecule has 23 heavy (non-hydrogen) atoms. The van der Waals surface area contributed by atoms with Crippen LogP contribution in [-0.2, 0) is 19.6 Å². The van der Waals surface area contributed by atoms with Gasteiger partial charge in [0.2, 0.25) is 0 Å². The van der Waals surface area contributed by atoms with E-state index in [4.69, 9.17) is 9.47 Å². The molecule has 0 aromatic heterocycles. The molecule has 0 atom stereocenters. The molecular weight excluding hydrogens is 351 g/mol. The largest absolute Gasteiger partial charge is 1.00 e.